The quantitative estimate of drug-likeness (QED) is 0.814. The Balaban J connectivity index is 1.49. The molecule has 0 bridgehead atoms. The van der Waals surface area contributed by atoms with Crippen molar-refractivity contribution in [2.75, 3.05) is 26.2 Å². The van der Waals surface area contributed by atoms with Gasteiger partial charge in [-0.05, 0) is 22.9 Å². The lowest BCUT2D eigenvalue weighted by Gasteiger charge is -2.34. The van der Waals surface area contributed by atoms with Crippen LogP contribution in [0.4, 0.5) is 0 Å². The SMILES string of the molecule is Cc1cccc(CN2CCN(C(=O)Cn3cnnn3)CC2)c1. The Kier molecular flexibility index (Phi) is 4.43. The monoisotopic (exact) mass is 300 g/mol. The van der Waals surface area contributed by atoms with Crippen LogP contribution in [-0.2, 0) is 17.9 Å². The Morgan fingerprint density at radius 2 is 2.05 bits per heavy atom. The molecule has 0 aliphatic carbocycles. The first-order valence-corrected chi connectivity index (χ1v) is 7.47. The second kappa shape index (κ2) is 6.65. The van der Waals surface area contributed by atoms with Gasteiger partial charge < -0.3 is 4.90 Å². The third-order valence-corrected chi connectivity index (χ3v) is 3.90. The molecule has 1 saturated heterocycles. The Morgan fingerprint density at radius 1 is 1.23 bits per heavy atom. The van der Waals surface area contributed by atoms with Crippen LogP contribution < -0.4 is 0 Å². The predicted molar refractivity (Wildman–Crippen MR) is 80.9 cm³/mol. The number of aryl methyl sites for hydroxylation is 1. The topological polar surface area (TPSA) is 67.2 Å². The number of rotatable bonds is 4. The molecule has 1 aromatic heterocycles. The number of nitrogens with zero attached hydrogens (tertiary/aromatic N) is 6. The van der Waals surface area contributed by atoms with Crippen LogP contribution in [0, 0.1) is 6.92 Å². The summed E-state index contributed by atoms with van der Waals surface area (Å²) in [7, 11) is 0. The maximum absolute atomic E-state index is 12.2. The van der Waals surface area contributed by atoms with Gasteiger partial charge in [-0.3, -0.25) is 9.69 Å². The highest BCUT2D eigenvalue weighted by atomic mass is 16.2. The highest BCUT2D eigenvalue weighted by Gasteiger charge is 2.21. The first-order valence-electron chi connectivity index (χ1n) is 7.47. The second-order valence-electron chi connectivity index (χ2n) is 5.65. The molecule has 22 heavy (non-hydrogen) atoms. The van der Waals surface area contributed by atoms with E-state index in [-0.39, 0.29) is 12.5 Å². The van der Waals surface area contributed by atoms with E-state index in [1.165, 1.54) is 22.1 Å². The van der Waals surface area contributed by atoms with Crippen LogP contribution in [0.2, 0.25) is 0 Å². The summed E-state index contributed by atoms with van der Waals surface area (Å²) in [5.41, 5.74) is 2.61. The Morgan fingerprint density at radius 3 is 2.73 bits per heavy atom. The summed E-state index contributed by atoms with van der Waals surface area (Å²) >= 11 is 0. The van der Waals surface area contributed by atoms with Crippen molar-refractivity contribution >= 4 is 5.91 Å². The van der Waals surface area contributed by atoms with Crippen molar-refractivity contribution < 1.29 is 4.79 Å². The molecule has 7 heteroatoms. The third kappa shape index (κ3) is 3.67. The van der Waals surface area contributed by atoms with Crippen LogP contribution in [0.3, 0.4) is 0 Å². The van der Waals surface area contributed by atoms with Gasteiger partial charge in [-0.25, -0.2) is 4.68 Å². The van der Waals surface area contributed by atoms with Crippen LogP contribution in [0.25, 0.3) is 0 Å². The van der Waals surface area contributed by atoms with Gasteiger partial charge in [0.2, 0.25) is 5.91 Å². The van der Waals surface area contributed by atoms with Gasteiger partial charge in [-0.15, -0.1) is 5.10 Å². The smallest absolute Gasteiger partial charge is 0.244 e. The van der Waals surface area contributed by atoms with E-state index in [2.05, 4.69) is 51.6 Å². The zero-order valence-electron chi connectivity index (χ0n) is 12.7. The molecule has 2 heterocycles. The molecule has 116 valence electrons. The van der Waals surface area contributed by atoms with Crippen LogP contribution in [-0.4, -0.2) is 62.1 Å². The number of amides is 1. The molecule has 0 radical (unpaired) electrons. The molecule has 0 spiro atoms. The normalized spacial score (nSPS) is 16.0. The van der Waals surface area contributed by atoms with E-state index in [1.54, 1.807) is 0 Å². The van der Waals surface area contributed by atoms with Gasteiger partial charge >= 0.3 is 0 Å². The van der Waals surface area contributed by atoms with E-state index in [0.29, 0.717) is 0 Å². The van der Waals surface area contributed by atoms with Gasteiger partial charge in [0.15, 0.2) is 0 Å². The molecular weight excluding hydrogens is 280 g/mol. The average molecular weight is 300 g/mol. The largest absolute Gasteiger partial charge is 0.339 e. The van der Waals surface area contributed by atoms with Crippen molar-refractivity contribution in [3.8, 4) is 0 Å². The van der Waals surface area contributed by atoms with E-state index < -0.39 is 0 Å². The lowest BCUT2D eigenvalue weighted by Crippen LogP contribution is -2.49. The van der Waals surface area contributed by atoms with Crippen molar-refractivity contribution in [1.29, 1.82) is 0 Å². The number of piperazine rings is 1. The van der Waals surface area contributed by atoms with Crippen LogP contribution in [0.15, 0.2) is 30.6 Å². The molecule has 2 aromatic rings. The van der Waals surface area contributed by atoms with Gasteiger partial charge in [-0.2, -0.15) is 0 Å². The first kappa shape index (κ1) is 14.6. The van der Waals surface area contributed by atoms with Crippen LogP contribution in [0.1, 0.15) is 11.1 Å². The summed E-state index contributed by atoms with van der Waals surface area (Å²) in [4.78, 5) is 16.4. The third-order valence-electron chi connectivity index (χ3n) is 3.90. The second-order valence-corrected chi connectivity index (χ2v) is 5.65. The maximum Gasteiger partial charge on any atom is 0.244 e. The molecule has 0 atom stereocenters. The van der Waals surface area contributed by atoms with Crippen molar-refractivity contribution in [3.05, 3.63) is 41.7 Å². The molecule has 1 aliphatic heterocycles. The Bertz CT molecular complexity index is 619. The van der Waals surface area contributed by atoms with Crippen LogP contribution >= 0.6 is 0 Å². The van der Waals surface area contributed by atoms with E-state index in [4.69, 9.17) is 0 Å². The molecule has 0 unspecified atom stereocenters. The molecule has 1 fully saturated rings. The van der Waals surface area contributed by atoms with E-state index in [0.717, 1.165) is 32.7 Å². The highest BCUT2D eigenvalue weighted by Crippen LogP contribution is 2.10. The summed E-state index contributed by atoms with van der Waals surface area (Å²) in [5, 5.41) is 10.8. The summed E-state index contributed by atoms with van der Waals surface area (Å²) in [5.74, 6) is 0.0718. The molecule has 0 N–H and O–H groups in total. The number of carbonyl (C=O) groups excluding carboxylic acids is 1. The predicted octanol–water partition coefficient (Wildman–Crippen LogP) is 0.326. The molecule has 0 saturated carbocycles. The molecule has 1 amide bonds. The highest BCUT2D eigenvalue weighted by molar-refractivity contribution is 5.75. The number of tetrazole rings is 1. The van der Waals surface area contributed by atoms with Crippen molar-refractivity contribution in [1.82, 2.24) is 30.0 Å². The molecule has 1 aromatic carbocycles. The van der Waals surface area contributed by atoms with E-state index in [9.17, 15) is 4.79 Å². The first-order chi connectivity index (χ1) is 10.7. The van der Waals surface area contributed by atoms with Crippen molar-refractivity contribution in [2.24, 2.45) is 0 Å². The molecule has 3 rings (SSSR count). The fraction of sp³-hybridized carbons (Fsp3) is 0.467. The zero-order chi connectivity index (χ0) is 15.4. The minimum atomic E-state index is 0.0718. The van der Waals surface area contributed by atoms with E-state index >= 15 is 0 Å². The molecule has 7 nitrogen and oxygen atoms in total. The molecule has 1 aliphatic rings. The molecular formula is C15H20N6O. The average Bonchev–Trinajstić information content (AvgIpc) is 3.01. The van der Waals surface area contributed by atoms with Crippen molar-refractivity contribution in [2.45, 2.75) is 20.0 Å². The van der Waals surface area contributed by atoms with E-state index in [1.807, 2.05) is 4.90 Å². The lowest BCUT2D eigenvalue weighted by atomic mass is 10.1. The Hall–Kier alpha value is -2.28. The fourth-order valence-corrected chi connectivity index (χ4v) is 2.72. The van der Waals surface area contributed by atoms with Gasteiger partial charge in [0.1, 0.15) is 12.9 Å². The van der Waals surface area contributed by atoms with Gasteiger partial charge in [0.05, 0.1) is 0 Å². The van der Waals surface area contributed by atoms with Gasteiger partial charge in [0, 0.05) is 32.7 Å². The van der Waals surface area contributed by atoms with Crippen LogP contribution in [0.5, 0.6) is 0 Å². The maximum atomic E-state index is 12.2. The van der Waals surface area contributed by atoms with Gasteiger partial charge in [-0.1, -0.05) is 29.8 Å². The number of benzene rings is 1. The van der Waals surface area contributed by atoms with Gasteiger partial charge in [0.25, 0.3) is 0 Å². The summed E-state index contributed by atoms with van der Waals surface area (Å²) in [6, 6.07) is 8.58. The standard InChI is InChI=1S/C15H20N6O/c1-13-3-2-4-14(9-13)10-19-5-7-20(8-6-19)15(22)11-21-12-16-17-18-21/h2-4,9,12H,5-8,10-11H2,1H3. The zero-order valence-corrected chi connectivity index (χ0v) is 12.7. The summed E-state index contributed by atoms with van der Waals surface area (Å²) in [6.07, 6.45) is 1.46. The van der Waals surface area contributed by atoms with Crippen molar-refractivity contribution in [3.63, 3.8) is 0 Å². The summed E-state index contributed by atoms with van der Waals surface area (Å²) < 4.78 is 1.46. The summed E-state index contributed by atoms with van der Waals surface area (Å²) in [6.45, 7) is 6.57. The number of aromatic nitrogens is 4. The number of hydrogen-bond acceptors (Lipinski definition) is 5. The minimum Gasteiger partial charge on any atom is -0.339 e. The lowest BCUT2D eigenvalue weighted by molar-refractivity contribution is -0.133. The fourth-order valence-electron chi connectivity index (χ4n) is 2.72. The Labute approximate surface area is 129 Å². The number of carbonyl (C=O) groups is 1. The minimum absolute atomic E-state index is 0.0718. The number of hydrogen-bond donors (Lipinski definition) is 0.